The second-order valence-corrected chi connectivity index (χ2v) is 8.66. The van der Waals surface area contributed by atoms with Crippen LogP contribution in [0.2, 0.25) is 0 Å². The number of aromatic nitrogens is 1. The summed E-state index contributed by atoms with van der Waals surface area (Å²) in [6, 6.07) is 5.71. The number of nitrogens with one attached hydrogen (secondary N) is 1. The van der Waals surface area contributed by atoms with Crippen molar-refractivity contribution in [3.05, 3.63) is 30.1 Å². The van der Waals surface area contributed by atoms with Crippen molar-refractivity contribution in [3.8, 4) is 0 Å². The third kappa shape index (κ3) is 5.76. The number of amides is 1. The Kier molecular flexibility index (Phi) is 7.25. The van der Waals surface area contributed by atoms with Crippen LogP contribution in [0.15, 0.2) is 24.5 Å². The highest BCUT2D eigenvalue weighted by atomic mass is 16.1. The fraction of sp³-hybridized carbons (Fsp3) is 0.727. The Labute approximate surface area is 164 Å². The summed E-state index contributed by atoms with van der Waals surface area (Å²) in [5, 5.41) is 3.08. The van der Waals surface area contributed by atoms with Gasteiger partial charge in [0, 0.05) is 36.4 Å². The second-order valence-electron chi connectivity index (χ2n) is 8.66. The first-order chi connectivity index (χ1) is 13.0. The first-order valence-corrected chi connectivity index (χ1v) is 10.7. The molecule has 3 rings (SSSR count). The van der Waals surface area contributed by atoms with Crippen LogP contribution in [0, 0.1) is 5.92 Å². The number of pyridine rings is 1. The van der Waals surface area contributed by atoms with Crippen molar-refractivity contribution in [3.63, 3.8) is 0 Å². The summed E-state index contributed by atoms with van der Waals surface area (Å²) in [5.41, 5.74) is 1.33. The lowest BCUT2D eigenvalue weighted by Crippen LogP contribution is -2.51. The van der Waals surface area contributed by atoms with E-state index in [-0.39, 0.29) is 17.9 Å². The van der Waals surface area contributed by atoms with Crippen molar-refractivity contribution in [2.45, 2.75) is 71.0 Å². The normalized spacial score (nSPS) is 22.1. The molecule has 1 N–H and O–H groups in total. The molecule has 150 valence electrons. The number of carbonyl (C=O) groups is 1. The van der Waals surface area contributed by atoms with Gasteiger partial charge in [0.1, 0.15) is 0 Å². The fourth-order valence-corrected chi connectivity index (χ4v) is 4.61. The van der Waals surface area contributed by atoms with Gasteiger partial charge >= 0.3 is 0 Å². The second kappa shape index (κ2) is 9.65. The molecule has 0 bridgehead atoms. The summed E-state index contributed by atoms with van der Waals surface area (Å²) >= 11 is 0. The molecule has 5 nitrogen and oxygen atoms in total. The van der Waals surface area contributed by atoms with Gasteiger partial charge in [-0.15, -0.1) is 0 Å². The van der Waals surface area contributed by atoms with Gasteiger partial charge < -0.3 is 15.1 Å². The van der Waals surface area contributed by atoms with E-state index >= 15 is 0 Å². The number of hydrogen-bond acceptors (Lipinski definition) is 4. The SMILES string of the molecule is CC(C)NC(=O)C1CCN(C2CCN(C(C)Cc3cccnc3)CC2)CC1. The zero-order chi connectivity index (χ0) is 19.2. The average molecular weight is 373 g/mol. The van der Waals surface area contributed by atoms with E-state index in [1.165, 1.54) is 31.5 Å². The summed E-state index contributed by atoms with van der Waals surface area (Å²) in [6.07, 6.45) is 9.43. The van der Waals surface area contributed by atoms with E-state index in [2.05, 4.69) is 33.1 Å². The number of likely N-dealkylation sites (tertiary alicyclic amines) is 2. The van der Waals surface area contributed by atoms with Gasteiger partial charge in [0.05, 0.1) is 0 Å². The molecule has 27 heavy (non-hydrogen) atoms. The van der Waals surface area contributed by atoms with E-state index in [9.17, 15) is 4.79 Å². The van der Waals surface area contributed by atoms with Crippen molar-refractivity contribution >= 4 is 5.91 Å². The summed E-state index contributed by atoms with van der Waals surface area (Å²) in [6.45, 7) is 10.9. The zero-order valence-corrected chi connectivity index (χ0v) is 17.2. The molecule has 3 heterocycles. The minimum Gasteiger partial charge on any atom is -0.354 e. The lowest BCUT2D eigenvalue weighted by molar-refractivity contribution is -0.127. The highest BCUT2D eigenvalue weighted by Gasteiger charge is 2.31. The van der Waals surface area contributed by atoms with E-state index in [4.69, 9.17) is 0 Å². The minimum atomic E-state index is 0.211. The van der Waals surface area contributed by atoms with Crippen LogP contribution in [0.3, 0.4) is 0 Å². The molecule has 1 atom stereocenters. The van der Waals surface area contributed by atoms with Gasteiger partial charge in [-0.05, 0) is 90.7 Å². The molecule has 0 radical (unpaired) electrons. The number of hydrogen-bond donors (Lipinski definition) is 1. The van der Waals surface area contributed by atoms with Gasteiger partial charge in [0.25, 0.3) is 0 Å². The summed E-state index contributed by atoms with van der Waals surface area (Å²) in [4.78, 5) is 21.7. The van der Waals surface area contributed by atoms with Crippen LogP contribution in [-0.2, 0) is 11.2 Å². The van der Waals surface area contributed by atoms with Crippen LogP contribution in [0.5, 0.6) is 0 Å². The van der Waals surface area contributed by atoms with Crippen molar-refractivity contribution in [2.75, 3.05) is 26.2 Å². The van der Waals surface area contributed by atoms with E-state index in [1.54, 1.807) is 0 Å². The third-order valence-corrected chi connectivity index (χ3v) is 6.22. The Morgan fingerprint density at radius 3 is 2.44 bits per heavy atom. The quantitative estimate of drug-likeness (QED) is 0.834. The molecule has 0 spiro atoms. The van der Waals surface area contributed by atoms with Crippen molar-refractivity contribution < 1.29 is 4.79 Å². The molecular formula is C22H36N4O. The van der Waals surface area contributed by atoms with Gasteiger partial charge in [-0.1, -0.05) is 6.07 Å². The van der Waals surface area contributed by atoms with Crippen molar-refractivity contribution in [1.82, 2.24) is 20.1 Å². The molecule has 0 saturated carbocycles. The number of rotatable bonds is 6. The van der Waals surface area contributed by atoms with Crippen LogP contribution in [0.1, 0.15) is 52.0 Å². The number of nitrogens with zero attached hydrogens (tertiary/aromatic N) is 3. The standard InChI is InChI=1S/C22H36N4O/c1-17(2)24-22(27)20-6-11-26(12-7-20)21-8-13-25(14-9-21)18(3)15-19-5-4-10-23-16-19/h4-5,10,16-18,20-21H,6-9,11-15H2,1-3H3,(H,24,27). The van der Waals surface area contributed by atoms with Crippen molar-refractivity contribution in [2.24, 2.45) is 5.92 Å². The number of piperidine rings is 2. The van der Waals surface area contributed by atoms with Crippen LogP contribution in [0.25, 0.3) is 0 Å². The van der Waals surface area contributed by atoms with E-state index in [0.29, 0.717) is 12.1 Å². The Hall–Kier alpha value is -1.46. The summed E-state index contributed by atoms with van der Waals surface area (Å²) in [7, 11) is 0. The highest BCUT2D eigenvalue weighted by Crippen LogP contribution is 2.25. The molecular weight excluding hydrogens is 336 g/mol. The predicted molar refractivity (Wildman–Crippen MR) is 110 cm³/mol. The van der Waals surface area contributed by atoms with Gasteiger partial charge in [0.2, 0.25) is 5.91 Å². The summed E-state index contributed by atoms with van der Waals surface area (Å²) in [5.74, 6) is 0.465. The molecule has 1 amide bonds. The third-order valence-electron chi connectivity index (χ3n) is 6.22. The van der Waals surface area contributed by atoms with Gasteiger partial charge in [-0.2, -0.15) is 0 Å². The molecule has 2 aliphatic heterocycles. The molecule has 0 aromatic carbocycles. The monoisotopic (exact) mass is 372 g/mol. The van der Waals surface area contributed by atoms with Crippen LogP contribution >= 0.6 is 0 Å². The number of carbonyl (C=O) groups excluding carboxylic acids is 1. The Bertz CT molecular complexity index is 575. The van der Waals surface area contributed by atoms with E-state index < -0.39 is 0 Å². The smallest absolute Gasteiger partial charge is 0.223 e. The maximum Gasteiger partial charge on any atom is 0.223 e. The van der Waals surface area contributed by atoms with Gasteiger partial charge in [-0.25, -0.2) is 0 Å². The molecule has 1 unspecified atom stereocenters. The van der Waals surface area contributed by atoms with Gasteiger partial charge in [0.15, 0.2) is 0 Å². The molecule has 2 fully saturated rings. The Balaban J connectivity index is 1.40. The largest absolute Gasteiger partial charge is 0.354 e. The Morgan fingerprint density at radius 2 is 1.85 bits per heavy atom. The molecule has 5 heteroatoms. The molecule has 0 aliphatic carbocycles. The van der Waals surface area contributed by atoms with Crippen LogP contribution in [0.4, 0.5) is 0 Å². The molecule has 1 aromatic rings. The minimum absolute atomic E-state index is 0.211. The maximum absolute atomic E-state index is 12.2. The molecule has 1 aromatic heterocycles. The predicted octanol–water partition coefficient (Wildman–Crippen LogP) is 2.71. The first kappa shape index (κ1) is 20.3. The lowest BCUT2D eigenvalue weighted by Gasteiger charge is -2.43. The maximum atomic E-state index is 12.2. The molecule has 2 aliphatic rings. The van der Waals surface area contributed by atoms with Crippen LogP contribution < -0.4 is 5.32 Å². The van der Waals surface area contributed by atoms with E-state index in [0.717, 1.165) is 32.4 Å². The Morgan fingerprint density at radius 1 is 1.15 bits per heavy atom. The molecule has 2 saturated heterocycles. The van der Waals surface area contributed by atoms with Crippen molar-refractivity contribution in [1.29, 1.82) is 0 Å². The highest BCUT2D eigenvalue weighted by molar-refractivity contribution is 5.78. The van der Waals surface area contributed by atoms with Gasteiger partial charge in [-0.3, -0.25) is 9.78 Å². The zero-order valence-electron chi connectivity index (χ0n) is 17.2. The fourth-order valence-electron chi connectivity index (χ4n) is 4.61. The van der Waals surface area contributed by atoms with Crippen LogP contribution in [-0.4, -0.2) is 65.0 Å². The lowest BCUT2D eigenvalue weighted by atomic mass is 9.92. The summed E-state index contributed by atoms with van der Waals surface area (Å²) < 4.78 is 0. The topological polar surface area (TPSA) is 48.5 Å². The van der Waals surface area contributed by atoms with E-state index in [1.807, 2.05) is 32.3 Å². The first-order valence-electron chi connectivity index (χ1n) is 10.7. The average Bonchev–Trinajstić information content (AvgIpc) is 2.68.